The van der Waals surface area contributed by atoms with Crippen molar-refractivity contribution in [1.29, 1.82) is 0 Å². The fraction of sp³-hybridized carbons (Fsp3) is 0.474. The average Bonchev–Trinajstić information content (AvgIpc) is 3.21. The second-order valence-electron chi connectivity index (χ2n) is 6.79. The number of benzene rings is 1. The van der Waals surface area contributed by atoms with Gasteiger partial charge in [-0.15, -0.1) is 0 Å². The van der Waals surface area contributed by atoms with Crippen molar-refractivity contribution in [2.24, 2.45) is 0 Å². The smallest absolute Gasteiger partial charge is 0.258 e. The van der Waals surface area contributed by atoms with Crippen LogP contribution in [0.3, 0.4) is 0 Å². The van der Waals surface area contributed by atoms with Crippen LogP contribution in [0.2, 0.25) is 5.15 Å². The lowest BCUT2D eigenvalue weighted by Crippen LogP contribution is -2.47. The number of halogens is 1. The number of hydrogen-bond donors (Lipinski definition) is 0. The largest absolute Gasteiger partial charge is 0.347 e. The first-order valence-corrected chi connectivity index (χ1v) is 9.30. The highest BCUT2D eigenvalue weighted by Crippen LogP contribution is 2.32. The summed E-state index contributed by atoms with van der Waals surface area (Å²) in [6.07, 6.45) is 1.38. The lowest BCUT2D eigenvalue weighted by atomic mass is 10.0. The van der Waals surface area contributed by atoms with Crippen LogP contribution in [0.5, 0.6) is 0 Å². The zero-order valence-corrected chi connectivity index (χ0v) is 15.5. The summed E-state index contributed by atoms with van der Waals surface area (Å²) in [6, 6.07) is 9.95. The summed E-state index contributed by atoms with van der Waals surface area (Å²) in [5, 5.41) is 4.87. The summed E-state index contributed by atoms with van der Waals surface area (Å²) in [7, 11) is 0. The topological polar surface area (TPSA) is 56.6 Å². The lowest BCUT2D eigenvalue weighted by Gasteiger charge is -2.37. The molecule has 0 N–H and O–H groups in total. The normalized spacial score (nSPS) is 19.2. The number of nitrogens with zero attached hydrogens (tertiary/aromatic N) is 3. The molecule has 2 fully saturated rings. The summed E-state index contributed by atoms with van der Waals surface area (Å²) in [6.45, 7) is 4.82. The molecule has 2 aliphatic rings. The van der Waals surface area contributed by atoms with Gasteiger partial charge in [0.25, 0.3) is 5.91 Å². The van der Waals surface area contributed by atoms with E-state index in [1.54, 1.807) is 4.68 Å². The molecule has 0 bridgehead atoms. The van der Waals surface area contributed by atoms with Gasteiger partial charge in [0.1, 0.15) is 5.15 Å². The second kappa shape index (κ2) is 7.02. The Bertz CT molecular complexity index is 790. The van der Waals surface area contributed by atoms with Gasteiger partial charge in [0, 0.05) is 25.9 Å². The molecule has 2 aromatic rings. The number of carbonyl (C=O) groups is 1. The molecule has 1 spiro atoms. The third kappa shape index (κ3) is 3.24. The van der Waals surface area contributed by atoms with Crippen molar-refractivity contribution in [3.05, 3.63) is 52.3 Å². The first-order chi connectivity index (χ1) is 12.6. The highest BCUT2D eigenvalue weighted by Gasteiger charge is 2.41. The molecule has 0 atom stereocenters. The molecule has 138 valence electrons. The zero-order chi connectivity index (χ0) is 18.1. The van der Waals surface area contributed by atoms with Crippen molar-refractivity contribution in [2.45, 2.75) is 32.1 Å². The predicted octanol–water partition coefficient (Wildman–Crippen LogP) is 2.87. The molecule has 6 nitrogen and oxygen atoms in total. The van der Waals surface area contributed by atoms with E-state index < -0.39 is 5.79 Å². The maximum Gasteiger partial charge on any atom is 0.258 e. The number of amides is 1. The van der Waals surface area contributed by atoms with Gasteiger partial charge >= 0.3 is 0 Å². The maximum atomic E-state index is 13.0. The van der Waals surface area contributed by atoms with Crippen LogP contribution in [0.1, 0.15) is 34.5 Å². The van der Waals surface area contributed by atoms with Crippen molar-refractivity contribution < 1.29 is 14.3 Å². The molecule has 0 aliphatic carbocycles. The first-order valence-electron chi connectivity index (χ1n) is 8.92. The monoisotopic (exact) mass is 375 g/mol. The van der Waals surface area contributed by atoms with Gasteiger partial charge in [-0.1, -0.05) is 41.9 Å². The van der Waals surface area contributed by atoms with Gasteiger partial charge in [-0.2, -0.15) is 5.10 Å². The van der Waals surface area contributed by atoms with E-state index in [0.717, 1.165) is 5.56 Å². The second-order valence-corrected chi connectivity index (χ2v) is 7.15. The molecule has 0 radical (unpaired) electrons. The third-order valence-corrected chi connectivity index (χ3v) is 5.46. The number of ether oxygens (including phenoxy) is 2. The molecular weight excluding hydrogens is 354 g/mol. The van der Waals surface area contributed by atoms with E-state index in [0.29, 0.717) is 62.1 Å². The number of likely N-dealkylation sites (tertiary alicyclic amines) is 1. The Hall–Kier alpha value is -1.89. The Kier molecular flexibility index (Phi) is 4.73. The molecule has 1 aromatic heterocycles. The number of aryl methyl sites for hydroxylation is 1. The number of rotatable bonds is 3. The van der Waals surface area contributed by atoms with E-state index in [-0.39, 0.29) is 5.91 Å². The molecule has 1 amide bonds. The minimum atomic E-state index is -0.493. The number of hydrogen-bond acceptors (Lipinski definition) is 4. The van der Waals surface area contributed by atoms with Crippen LogP contribution in [-0.2, 0) is 16.0 Å². The quantitative estimate of drug-likeness (QED) is 0.827. The molecule has 2 aliphatic heterocycles. The van der Waals surface area contributed by atoms with Crippen molar-refractivity contribution in [3.8, 4) is 0 Å². The molecule has 2 saturated heterocycles. The molecule has 0 unspecified atom stereocenters. The summed E-state index contributed by atoms with van der Waals surface area (Å²) < 4.78 is 13.1. The SMILES string of the molecule is Cc1nn(Cc2ccccc2)c(Cl)c1C(=O)N1CCC2(CC1)OCCO2. The highest BCUT2D eigenvalue weighted by atomic mass is 35.5. The van der Waals surface area contributed by atoms with E-state index in [1.807, 2.05) is 42.2 Å². The average molecular weight is 376 g/mol. The fourth-order valence-electron chi connectivity index (χ4n) is 3.65. The molecule has 26 heavy (non-hydrogen) atoms. The van der Waals surface area contributed by atoms with Crippen LogP contribution < -0.4 is 0 Å². The van der Waals surface area contributed by atoms with Gasteiger partial charge < -0.3 is 14.4 Å². The summed E-state index contributed by atoms with van der Waals surface area (Å²) in [5.41, 5.74) is 2.24. The molecular formula is C19H22ClN3O3. The van der Waals surface area contributed by atoms with Gasteiger partial charge in [0.2, 0.25) is 0 Å². The van der Waals surface area contributed by atoms with Crippen LogP contribution in [-0.4, -0.2) is 52.7 Å². The van der Waals surface area contributed by atoms with Crippen LogP contribution in [0.25, 0.3) is 0 Å². The van der Waals surface area contributed by atoms with E-state index in [9.17, 15) is 4.79 Å². The Balaban J connectivity index is 1.50. The van der Waals surface area contributed by atoms with Crippen LogP contribution in [0.4, 0.5) is 0 Å². The molecule has 7 heteroatoms. The Labute approximate surface area is 157 Å². The first kappa shape index (κ1) is 17.5. The minimum Gasteiger partial charge on any atom is -0.347 e. The standard InChI is InChI=1S/C19H22ClN3O3/c1-14-16(17(20)23(21-14)13-15-5-3-2-4-6-15)18(24)22-9-7-19(8-10-22)25-11-12-26-19/h2-6H,7-13H2,1H3. The predicted molar refractivity (Wildman–Crippen MR) is 97.3 cm³/mol. The van der Waals surface area contributed by atoms with Gasteiger partial charge in [0.15, 0.2) is 5.79 Å². The Morgan fingerprint density at radius 2 is 1.85 bits per heavy atom. The fourth-order valence-corrected chi connectivity index (χ4v) is 3.97. The van der Waals surface area contributed by atoms with Gasteiger partial charge in [-0.25, -0.2) is 4.68 Å². The van der Waals surface area contributed by atoms with Gasteiger partial charge in [-0.05, 0) is 12.5 Å². The summed E-state index contributed by atoms with van der Waals surface area (Å²) in [5.74, 6) is -0.563. The third-order valence-electron chi connectivity index (χ3n) is 5.08. The van der Waals surface area contributed by atoms with Crippen LogP contribution in [0.15, 0.2) is 30.3 Å². The number of piperidine rings is 1. The highest BCUT2D eigenvalue weighted by molar-refractivity contribution is 6.33. The number of aromatic nitrogens is 2. The van der Waals surface area contributed by atoms with Gasteiger partial charge in [0.05, 0.1) is 31.0 Å². The van der Waals surface area contributed by atoms with Crippen LogP contribution >= 0.6 is 11.6 Å². The Morgan fingerprint density at radius 3 is 2.50 bits per heavy atom. The van der Waals surface area contributed by atoms with E-state index in [1.165, 1.54) is 0 Å². The lowest BCUT2D eigenvalue weighted by molar-refractivity contribution is -0.181. The zero-order valence-electron chi connectivity index (χ0n) is 14.8. The molecule has 4 rings (SSSR count). The molecule has 0 saturated carbocycles. The summed E-state index contributed by atoms with van der Waals surface area (Å²) >= 11 is 6.52. The van der Waals surface area contributed by atoms with Crippen molar-refractivity contribution >= 4 is 17.5 Å². The van der Waals surface area contributed by atoms with Crippen molar-refractivity contribution in [2.75, 3.05) is 26.3 Å². The van der Waals surface area contributed by atoms with E-state index in [4.69, 9.17) is 21.1 Å². The molecule has 1 aromatic carbocycles. The minimum absolute atomic E-state index is 0.0698. The van der Waals surface area contributed by atoms with E-state index in [2.05, 4.69) is 5.10 Å². The maximum absolute atomic E-state index is 13.0. The molecule has 3 heterocycles. The number of carbonyl (C=O) groups excluding carboxylic acids is 1. The van der Waals surface area contributed by atoms with Gasteiger partial charge in [-0.3, -0.25) is 4.79 Å². The van der Waals surface area contributed by atoms with Crippen molar-refractivity contribution in [3.63, 3.8) is 0 Å². The van der Waals surface area contributed by atoms with Crippen LogP contribution in [0, 0.1) is 6.92 Å². The Morgan fingerprint density at radius 1 is 1.19 bits per heavy atom. The van der Waals surface area contributed by atoms with E-state index >= 15 is 0 Å². The van der Waals surface area contributed by atoms with Crippen molar-refractivity contribution in [1.82, 2.24) is 14.7 Å². The summed E-state index contributed by atoms with van der Waals surface area (Å²) in [4.78, 5) is 14.8.